The van der Waals surface area contributed by atoms with E-state index in [0.717, 1.165) is 44.7 Å². The molecule has 8 rings (SSSR count). The van der Waals surface area contributed by atoms with Crippen LogP contribution < -0.4 is 5.32 Å². The zero-order valence-electron chi connectivity index (χ0n) is 22.5. The number of rotatable bonds is 5. The number of alkyl halides is 2. The summed E-state index contributed by atoms with van der Waals surface area (Å²) in [6.07, 6.45) is 3.58. The topological polar surface area (TPSA) is 78.7 Å². The van der Waals surface area contributed by atoms with Gasteiger partial charge in [-0.2, -0.15) is 14.0 Å². The minimum atomic E-state index is -3.35. The zero-order chi connectivity index (χ0) is 29.1. The van der Waals surface area contributed by atoms with Gasteiger partial charge < -0.3 is 5.32 Å². The molecule has 5 aromatic rings. The first-order valence-corrected chi connectivity index (χ1v) is 14.4. The predicted octanol–water partition coefficient (Wildman–Crippen LogP) is 7.65. The first-order chi connectivity index (χ1) is 20.3. The third-order valence-electron chi connectivity index (χ3n) is 8.75. The van der Waals surface area contributed by atoms with Crippen molar-refractivity contribution in [2.45, 2.75) is 30.6 Å². The minimum absolute atomic E-state index is 0.0957. The molecule has 0 radical (unpaired) electrons. The van der Waals surface area contributed by atoms with Gasteiger partial charge in [-0.25, -0.2) is 4.98 Å². The molecule has 42 heavy (non-hydrogen) atoms. The van der Waals surface area contributed by atoms with Crippen molar-refractivity contribution in [1.82, 2.24) is 9.97 Å². The van der Waals surface area contributed by atoms with E-state index in [9.17, 15) is 10.1 Å². The van der Waals surface area contributed by atoms with Crippen LogP contribution in [0, 0.1) is 16.7 Å². The first-order valence-electron chi connectivity index (χ1n) is 13.5. The van der Waals surface area contributed by atoms with E-state index in [1.165, 1.54) is 17.5 Å². The summed E-state index contributed by atoms with van der Waals surface area (Å²) in [6.45, 7) is 1.86. The maximum absolute atomic E-state index is 15.5. The maximum Gasteiger partial charge on any atom is 0.315 e. The molecule has 1 atom stereocenters. The Hall–Kier alpha value is -4.74. The Morgan fingerprint density at radius 2 is 1.55 bits per heavy atom. The van der Waals surface area contributed by atoms with Crippen LogP contribution in [0.2, 0.25) is 0 Å². The van der Waals surface area contributed by atoms with Gasteiger partial charge >= 0.3 is 5.92 Å². The number of halogens is 2. The molecule has 2 bridgehead atoms. The van der Waals surface area contributed by atoms with E-state index in [-0.39, 0.29) is 28.9 Å². The summed E-state index contributed by atoms with van der Waals surface area (Å²) in [6, 6.07) is 27.8. The highest BCUT2D eigenvalue weighted by molar-refractivity contribution is 7.14. The number of hydrogen-bond donors (Lipinski definition) is 1. The lowest BCUT2D eigenvalue weighted by molar-refractivity contribution is -0.127. The van der Waals surface area contributed by atoms with Crippen molar-refractivity contribution in [3.05, 3.63) is 136 Å². The predicted molar refractivity (Wildman–Crippen MR) is 157 cm³/mol. The molecule has 3 aromatic carbocycles. The summed E-state index contributed by atoms with van der Waals surface area (Å²) in [5.41, 5.74) is 2.81. The quantitative estimate of drug-likeness (QED) is 0.234. The molecule has 3 aliphatic rings. The Morgan fingerprint density at radius 1 is 0.952 bits per heavy atom. The number of amides is 1. The molecule has 0 saturated heterocycles. The van der Waals surface area contributed by atoms with Crippen molar-refractivity contribution >= 4 is 22.4 Å². The highest BCUT2D eigenvalue weighted by Gasteiger charge is 2.61. The van der Waals surface area contributed by atoms with Crippen LogP contribution in [0.15, 0.2) is 103 Å². The molecule has 1 N–H and O–H groups in total. The summed E-state index contributed by atoms with van der Waals surface area (Å²) in [4.78, 5) is 22.2. The Morgan fingerprint density at radius 3 is 2.17 bits per heavy atom. The fourth-order valence-electron chi connectivity index (χ4n) is 6.77. The van der Waals surface area contributed by atoms with Gasteiger partial charge in [0.25, 0.3) is 0 Å². The third-order valence-corrected chi connectivity index (χ3v) is 9.51. The van der Waals surface area contributed by atoms with Crippen molar-refractivity contribution in [3.8, 4) is 17.2 Å². The normalized spacial score (nSPS) is 22.1. The van der Waals surface area contributed by atoms with Gasteiger partial charge in [0.1, 0.15) is 11.1 Å². The molecule has 5 nitrogen and oxygen atoms in total. The van der Waals surface area contributed by atoms with E-state index in [1.807, 2.05) is 67.6 Å². The highest BCUT2D eigenvalue weighted by Crippen LogP contribution is 2.63. The van der Waals surface area contributed by atoms with Gasteiger partial charge in [-0.3, -0.25) is 9.78 Å². The molecule has 2 heterocycles. The van der Waals surface area contributed by atoms with E-state index in [2.05, 4.69) is 21.4 Å². The third kappa shape index (κ3) is 3.74. The van der Waals surface area contributed by atoms with Crippen LogP contribution in [-0.2, 0) is 16.1 Å². The maximum atomic E-state index is 15.5. The lowest BCUT2D eigenvalue weighted by atomic mass is 9.47. The average Bonchev–Trinajstić information content (AvgIpc) is 3.51. The summed E-state index contributed by atoms with van der Waals surface area (Å²) in [7, 11) is 0. The lowest BCUT2D eigenvalue weighted by Gasteiger charge is -2.54. The molecule has 3 aliphatic carbocycles. The SMILES string of the molecule is CC1(C(=O)Nc2nc(C(F)(F)c3ccc(-c4ccncc4)cc3)cs2)CC2(C#N)c3ccccc3C1c1ccccc12. The Bertz CT molecular complexity index is 1830. The summed E-state index contributed by atoms with van der Waals surface area (Å²) in [5.74, 6) is -3.99. The number of carbonyl (C=O) groups excluding carboxylic acids is 1. The number of carbonyl (C=O) groups is 1. The van der Waals surface area contributed by atoms with Crippen LogP contribution >= 0.6 is 11.3 Å². The number of pyridine rings is 1. The second kappa shape index (κ2) is 9.40. The monoisotopic (exact) mass is 574 g/mol. The molecule has 1 amide bonds. The number of aromatic nitrogens is 2. The fourth-order valence-corrected chi connectivity index (χ4v) is 7.49. The molecule has 0 spiro atoms. The zero-order valence-corrected chi connectivity index (χ0v) is 23.3. The van der Waals surface area contributed by atoms with Gasteiger partial charge in [-0.15, -0.1) is 11.3 Å². The summed E-state index contributed by atoms with van der Waals surface area (Å²) < 4.78 is 31.1. The fraction of sp³-hybridized carbons (Fsp3) is 0.176. The first kappa shape index (κ1) is 26.2. The molecule has 2 aromatic heterocycles. The largest absolute Gasteiger partial charge is 0.315 e. The number of hydrogen-bond acceptors (Lipinski definition) is 5. The summed E-state index contributed by atoms with van der Waals surface area (Å²) in [5, 5.41) is 14.8. The van der Waals surface area contributed by atoms with Crippen LogP contribution in [0.4, 0.5) is 13.9 Å². The molecule has 8 heteroatoms. The molecular formula is C34H24F2N4OS. The average molecular weight is 575 g/mol. The van der Waals surface area contributed by atoms with Crippen LogP contribution in [-0.4, -0.2) is 15.9 Å². The molecule has 206 valence electrons. The van der Waals surface area contributed by atoms with Gasteiger partial charge in [0, 0.05) is 29.3 Å². The van der Waals surface area contributed by atoms with Gasteiger partial charge in [0.2, 0.25) is 5.91 Å². The molecule has 0 aliphatic heterocycles. The van der Waals surface area contributed by atoms with Gasteiger partial charge in [-0.1, -0.05) is 72.8 Å². The van der Waals surface area contributed by atoms with Crippen LogP contribution in [0.25, 0.3) is 11.1 Å². The molecular weight excluding hydrogens is 550 g/mol. The van der Waals surface area contributed by atoms with E-state index in [1.54, 1.807) is 24.5 Å². The van der Waals surface area contributed by atoms with Crippen molar-refractivity contribution in [2.24, 2.45) is 5.41 Å². The minimum Gasteiger partial charge on any atom is -0.301 e. The van der Waals surface area contributed by atoms with Crippen LogP contribution in [0.5, 0.6) is 0 Å². The highest BCUT2D eigenvalue weighted by atomic mass is 32.1. The number of anilines is 1. The van der Waals surface area contributed by atoms with E-state index >= 15 is 8.78 Å². The number of thiazole rings is 1. The molecule has 0 fully saturated rings. The van der Waals surface area contributed by atoms with Crippen LogP contribution in [0.1, 0.15) is 52.8 Å². The van der Waals surface area contributed by atoms with Crippen molar-refractivity contribution in [2.75, 3.05) is 5.32 Å². The van der Waals surface area contributed by atoms with Crippen molar-refractivity contribution in [1.29, 1.82) is 5.26 Å². The van der Waals surface area contributed by atoms with Crippen molar-refractivity contribution < 1.29 is 13.6 Å². The van der Waals surface area contributed by atoms with E-state index in [0.29, 0.717) is 0 Å². The van der Waals surface area contributed by atoms with E-state index < -0.39 is 22.4 Å². The number of nitrogens with one attached hydrogen (secondary N) is 1. The standard InChI is InChI=1S/C34H24F2N4OS/c1-32(19-33(20-37)26-8-4-2-6-24(26)29(32)25-7-3-5-9-27(25)33)30(41)40-31-39-28(18-42-31)34(35,36)23-12-10-21(11-13-23)22-14-16-38-17-15-22/h2-18,29H,19H2,1H3,(H,39,40,41). The second-order valence-electron chi connectivity index (χ2n) is 11.1. The van der Waals surface area contributed by atoms with Gasteiger partial charge in [-0.05, 0) is 58.9 Å². The Labute approximate surface area is 245 Å². The lowest BCUT2D eigenvalue weighted by Crippen LogP contribution is -2.53. The number of nitrogens with zero attached hydrogens (tertiary/aromatic N) is 3. The Kier molecular flexibility index (Phi) is 5.86. The van der Waals surface area contributed by atoms with E-state index in [4.69, 9.17) is 0 Å². The smallest absolute Gasteiger partial charge is 0.301 e. The number of nitriles is 1. The number of benzene rings is 3. The number of fused-ring (bicyclic) bond motifs is 1. The molecule has 1 unspecified atom stereocenters. The van der Waals surface area contributed by atoms with Gasteiger partial charge in [0.05, 0.1) is 11.5 Å². The molecule has 0 saturated carbocycles. The van der Waals surface area contributed by atoms with Crippen LogP contribution in [0.3, 0.4) is 0 Å². The van der Waals surface area contributed by atoms with Gasteiger partial charge in [0.15, 0.2) is 5.13 Å². The Balaban J connectivity index is 1.18. The summed E-state index contributed by atoms with van der Waals surface area (Å²) >= 11 is 0.963. The van der Waals surface area contributed by atoms with Crippen molar-refractivity contribution in [3.63, 3.8) is 0 Å². The second-order valence-corrected chi connectivity index (χ2v) is 12.0.